The number of aryl methyl sites for hydroxylation is 2. The Balaban J connectivity index is 0.000000801. The molecule has 1 unspecified atom stereocenters. The summed E-state index contributed by atoms with van der Waals surface area (Å²) in [6, 6.07) is 18.0. The molecule has 7 rings (SSSR count). The second-order valence-corrected chi connectivity index (χ2v) is 18.3. The van der Waals surface area contributed by atoms with Crippen molar-refractivity contribution in [3.63, 3.8) is 0 Å². The third-order valence-corrected chi connectivity index (χ3v) is 10.4. The van der Waals surface area contributed by atoms with Crippen LogP contribution < -0.4 is 10.2 Å². The molecule has 5 aromatic heterocycles. The van der Waals surface area contributed by atoms with Crippen molar-refractivity contribution in [2.45, 2.75) is 167 Å². The zero-order valence-electron chi connectivity index (χ0n) is 39.7. The molecule has 0 amide bonds. The van der Waals surface area contributed by atoms with Gasteiger partial charge in [0, 0.05) is 61.0 Å². The van der Waals surface area contributed by atoms with Crippen molar-refractivity contribution in [3.8, 4) is 12.1 Å². The van der Waals surface area contributed by atoms with E-state index in [0.29, 0.717) is 57.5 Å². The summed E-state index contributed by atoms with van der Waals surface area (Å²) in [6.07, 6.45) is 10.7. The van der Waals surface area contributed by atoms with Crippen LogP contribution in [0.4, 0.5) is 16.2 Å². The molecule has 1 N–H and O–H groups in total. The molecule has 1 aliphatic heterocycles. The highest BCUT2D eigenvalue weighted by atomic mass is 35.5. The van der Waals surface area contributed by atoms with Crippen LogP contribution in [0.15, 0.2) is 67.3 Å². The zero-order valence-corrected chi connectivity index (χ0v) is 40.5. The molecule has 10 nitrogen and oxygen atoms in total. The van der Waals surface area contributed by atoms with Crippen LogP contribution in [0.5, 0.6) is 0 Å². The zero-order chi connectivity index (χ0) is 46.8. The molecular weight excluding hydrogens is 843 g/mol. The first kappa shape index (κ1) is 60.5. The van der Waals surface area contributed by atoms with E-state index in [1.54, 1.807) is 18.5 Å². The predicted octanol–water partition coefficient (Wildman–Crippen LogP) is 14.9. The summed E-state index contributed by atoms with van der Waals surface area (Å²) in [7, 11) is 0. The first-order valence-corrected chi connectivity index (χ1v) is 22.6. The van der Waals surface area contributed by atoms with Gasteiger partial charge >= 0.3 is 0 Å². The fourth-order valence-electron chi connectivity index (χ4n) is 6.14. The van der Waals surface area contributed by atoms with Gasteiger partial charge in [-0.15, -0.1) is 0 Å². The van der Waals surface area contributed by atoms with Crippen LogP contribution in [0.1, 0.15) is 198 Å². The van der Waals surface area contributed by atoms with Gasteiger partial charge in [-0.2, -0.15) is 10.5 Å². The van der Waals surface area contributed by atoms with Crippen LogP contribution in [-0.4, -0.2) is 49.0 Å². The largest absolute Gasteiger partial charge is 0.355 e. The van der Waals surface area contributed by atoms with E-state index in [1.807, 2.05) is 71.3 Å². The van der Waals surface area contributed by atoms with E-state index in [9.17, 15) is 4.39 Å². The van der Waals surface area contributed by atoms with Crippen LogP contribution in [-0.2, 0) is 0 Å². The molecule has 0 radical (unpaired) electrons. The molecule has 0 aromatic carbocycles. The number of anilines is 2. The Morgan fingerprint density at radius 2 is 1.24 bits per heavy atom. The number of nitrogens with one attached hydrogen (secondary N) is 1. The maximum absolute atomic E-state index is 13.0. The number of hydrogen-bond acceptors (Lipinski definition) is 10. The van der Waals surface area contributed by atoms with E-state index < -0.39 is 0 Å². The molecular formula is C54H80ClFN10. The monoisotopic (exact) mass is 923 g/mol. The Morgan fingerprint density at radius 3 is 1.71 bits per heavy atom. The highest BCUT2D eigenvalue weighted by molar-refractivity contribution is 6.31. The number of nitrogens with zero attached hydrogens (tertiary/aromatic N) is 9. The molecule has 2 aliphatic rings. The van der Waals surface area contributed by atoms with Gasteiger partial charge in [0.25, 0.3) is 0 Å². The van der Waals surface area contributed by atoms with Gasteiger partial charge in [0.15, 0.2) is 0 Å². The van der Waals surface area contributed by atoms with Crippen LogP contribution in [0.25, 0.3) is 0 Å². The van der Waals surface area contributed by atoms with Crippen molar-refractivity contribution in [2.24, 2.45) is 5.92 Å². The van der Waals surface area contributed by atoms with Gasteiger partial charge in [-0.1, -0.05) is 116 Å². The standard InChI is InChI=1S/C14H19N3.C10H15N3.C9H9ClN2.C9H12FN.C9H13N.3CH4/c1-10(2)13-5-4-12(8-15)14(16-13)17-7-6-11(3)9-17;1-7(2)9-5-6-11-10(13-9)12-8-3-4-8;1-6(2)9-8(10)3-7(4-11)5-12-9;1-6(2)9-8(10)4-7(3)5-11-9;1-7(2)9-5-4-8(3)6-10-9;;;/h4-5,10-11H,6-7,9H2,1-3H3;5-8H,3-4H2,1-2H3,(H,11,12,13);3,5-6H,1-2H3;4-6H,1-3H3;4-7H,1-3H3;3*1H4. The van der Waals surface area contributed by atoms with Crippen molar-refractivity contribution < 1.29 is 4.39 Å². The normalized spacial score (nSPS) is 13.4. The average molecular weight is 924 g/mol. The van der Waals surface area contributed by atoms with Gasteiger partial charge in [0.1, 0.15) is 23.8 Å². The Labute approximate surface area is 404 Å². The fraction of sp³-hybridized carbons (Fsp3) is 0.519. The van der Waals surface area contributed by atoms with Crippen molar-refractivity contribution in [2.75, 3.05) is 23.3 Å². The lowest BCUT2D eigenvalue weighted by Crippen LogP contribution is -2.22. The number of hydrogen-bond donors (Lipinski definition) is 1. The van der Waals surface area contributed by atoms with Crippen molar-refractivity contribution in [1.82, 2.24) is 29.9 Å². The van der Waals surface area contributed by atoms with Crippen LogP contribution in [0, 0.1) is 48.2 Å². The van der Waals surface area contributed by atoms with Crippen LogP contribution in [0.3, 0.4) is 0 Å². The summed E-state index contributed by atoms with van der Waals surface area (Å²) in [5, 5.41) is 21.6. The number of rotatable bonds is 8. The second-order valence-electron chi connectivity index (χ2n) is 17.9. The summed E-state index contributed by atoms with van der Waals surface area (Å²) >= 11 is 5.89. The lowest BCUT2D eigenvalue weighted by Gasteiger charge is -2.19. The summed E-state index contributed by atoms with van der Waals surface area (Å²) in [5.74, 6) is 4.05. The third kappa shape index (κ3) is 20.3. The topological polar surface area (TPSA) is 140 Å². The Kier molecular flexibility index (Phi) is 27.4. The molecule has 1 saturated carbocycles. The second kappa shape index (κ2) is 29.9. The predicted molar refractivity (Wildman–Crippen MR) is 276 cm³/mol. The maximum Gasteiger partial charge on any atom is 0.223 e. The molecule has 360 valence electrons. The van der Waals surface area contributed by atoms with E-state index >= 15 is 0 Å². The van der Waals surface area contributed by atoms with Gasteiger partial charge in [-0.05, 0) is 116 Å². The first-order chi connectivity index (χ1) is 29.8. The molecule has 12 heteroatoms. The quantitative estimate of drug-likeness (QED) is 0.160. The summed E-state index contributed by atoms with van der Waals surface area (Å²) < 4.78 is 13.0. The van der Waals surface area contributed by atoms with E-state index in [-0.39, 0.29) is 34.0 Å². The smallest absolute Gasteiger partial charge is 0.223 e. The third-order valence-electron chi connectivity index (χ3n) is 10.1. The molecule has 0 spiro atoms. The molecule has 2 fully saturated rings. The van der Waals surface area contributed by atoms with Gasteiger partial charge < -0.3 is 10.2 Å². The van der Waals surface area contributed by atoms with Gasteiger partial charge in [-0.25, -0.2) is 19.3 Å². The number of pyridine rings is 4. The molecule has 1 aliphatic carbocycles. The molecule has 6 heterocycles. The Hall–Kier alpha value is -5.52. The SMILES string of the molecule is C.C.C.CC(C)c1ccnc(NC2CC2)n1.CC(C)c1ncc(C#N)cc1Cl.CC1CCN(c2nc(C(C)C)ccc2C#N)C1.Cc1ccc(C(C)C)nc1.Cc1cnc(C(C)C)c(F)c1. The molecule has 1 saturated heterocycles. The number of aromatic nitrogens is 6. The lowest BCUT2D eigenvalue weighted by molar-refractivity contribution is 0.583. The minimum Gasteiger partial charge on any atom is -0.355 e. The lowest BCUT2D eigenvalue weighted by atomic mass is 10.1. The van der Waals surface area contributed by atoms with E-state index in [4.69, 9.17) is 22.1 Å². The molecule has 1 atom stereocenters. The first-order valence-electron chi connectivity index (χ1n) is 22.2. The van der Waals surface area contributed by atoms with Crippen molar-refractivity contribution >= 4 is 23.4 Å². The highest BCUT2D eigenvalue weighted by Crippen LogP contribution is 2.27. The number of nitriles is 2. The maximum atomic E-state index is 13.0. The number of halogens is 2. The highest BCUT2D eigenvalue weighted by Gasteiger charge is 2.23. The van der Waals surface area contributed by atoms with E-state index in [1.165, 1.54) is 36.6 Å². The molecule has 5 aromatic rings. The Bertz CT molecular complexity index is 2260. The summed E-state index contributed by atoms with van der Waals surface area (Å²) in [5.41, 5.74) is 8.04. The van der Waals surface area contributed by atoms with Gasteiger partial charge in [0.2, 0.25) is 5.95 Å². The molecule has 66 heavy (non-hydrogen) atoms. The van der Waals surface area contributed by atoms with Crippen molar-refractivity contribution in [3.05, 3.63) is 129 Å². The van der Waals surface area contributed by atoms with Crippen LogP contribution in [0.2, 0.25) is 5.02 Å². The van der Waals surface area contributed by atoms with Crippen molar-refractivity contribution in [1.29, 1.82) is 10.5 Å². The minimum atomic E-state index is -0.194. The van der Waals surface area contributed by atoms with E-state index in [2.05, 4.69) is 114 Å². The van der Waals surface area contributed by atoms with Crippen LogP contribution >= 0.6 is 11.6 Å². The van der Waals surface area contributed by atoms with E-state index in [0.717, 1.165) is 47.5 Å². The Morgan fingerprint density at radius 1 is 0.667 bits per heavy atom. The fourth-order valence-corrected chi connectivity index (χ4v) is 6.52. The molecule has 0 bridgehead atoms. The average Bonchev–Trinajstić information content (AvgIpc) is 3.96. The van der Waals surface area contributed by atoms with Gasteiger partial charge in [0.05, 0.1) is 27.5 Å². The minimum absolute atomic E-state index is 0. The summed E-state index contributed by atoms with van der Waals surface area (Å²) in [6.45, 7) is 28.9. The summed E-state index contributed by atoms with van der Waals surface area (Å²) in [4.78, 5) is 27.9. The van der Waals surface area contributed by atoms with Gasteiger partial charge in [-0.3, -0.25) is 15.0 Å².